The number of thiophene rings is 1. The smallest absolute Gasteiger partial charge is 0.315 e. The number of piperidine rings is 1. The van der Waals surface area contributed by atoms with E-state index in [-0.39, 0.29) is 11.9 Å². The third kappa shape index (κ3) is 4.52. The first-order chi connectivity index (χ1) is 9.65. The first-order valence-electron chi connectivity index (χ1n) is 6.99. The Morgan fingerprint density at radius 1 is 1.60 bits per heavy atom. The number of urea groups is 1. The molecule has 1 aromatic heterocycles. The lowest BCUT2D eigenvalue weighted by Gasteiger charge is -2.23. The first-order valence-corrected chi connectivity index (χ1v) is 7.87. The van der Waals surface area contributed by atoms with Gasteiger partial charge in [0.2, 0.25) is 5.91 Å². The maximum absolute atomic E-state index is 11.8. The number of carbonyl (C=O) groups excluding carboxylic acids is 2. The van der Waals surface area contributed by atoms with Crippen LogP contribution in [0.25, 0.3) is 0 Å². The van der Waals surface area contributed by atoms with E-state index in [4.69, 9.17) is 0 Å². The Kier molecular flexibility index (Phi) is 5.40. The first kappa shape index (κ1) is 14.8. The van der Waals surface area contributed by atoms with Gasteiger partial charge in [-0.15, -0.1) is 11.3 Å². The lowest BCUT2D eigenvalue weighted by atomic mass is 10.1. The Morgan fingerprint density at radius 3 is 3.15 bits per heavy atom. The highest BCUT2D eigenvalue weighted by Crippen LogP contribution is 2.13. The summed E-state index contributed by atoms with van der Waals surface area (Å²) in [6.07, 6.45) is 2.58. The summed E-state index contributed by atoms with van der Waals surface area (Å²) < 4.78 is 0. The molecule has 2 rings (SSSR count). The third-order valence-corrected chi connectivity index (χ3v) is 4.23. The molecular formula is C14H21N3O2S. The van der Waals surface area contributed by atoms with Gasteiger partial charge in [-0.05, 0) is 36.6 Å². The predicted octanol–water partition coefficient (Wildman–Crippen LogP) is 1.50. The van der Waals surface area contributed by atoms with Crippen molar-refractivity contribution in [3.05, 3.63) is 22.4 Å². The molecule has 3 N–H and O–H groups in total. The van der Waals surface area contributed by atoms with E-state index in [0.717, 1.165) is 12.8 Å². The lowest BCUT2D eigenvalue weighted by Crippen LogP contribution is -2.53. The topological polar surface area (TPSA) is 70.2 Å². The quantitative estimate of drug-likeness (QED) is 0.770. The van der Waals surface area contributed by atoms with Crippen molar-refractivity contribution < 1.29 is 9.59 Å². The third-order valence-electron chi connectivity index (χ3n) is 3.33. The van der Waals surface area contributed by atoms with Gasteiger partial charge < -0.3 is 16.0 Å². The molecular weight excluding hydrogens is 274 g/mol. The van der Waals surface area contributed by atoms with Crippen LogP contribution in [-0.4, -0.2) is 31.1 Å². The number of nitrogens with one attached hydrogen (secondary N) is 3. The molecule has 0 bridgehead atoms. The van der Waals surface area contributed by atoms with Crippen LogP contribution in [0.2, 0.25) is 0 Å². The molecule has 0 unspecified atom stereocenters. The number of hydrogen-bond acceptors (Lipinski definition) is 3. The lowest BCUT2D eigenvalue weighted by molar-refractivity contribution is -0.124. The van der Waals surface area contributed by atoms with Crippen LogP contribution >= 0.6 is 11.3 Å². The Bertz CT molecular complexity index is 447. The summed E-state index contributed by atoms with van der Waals surface area (Å²) in [6, 6.07) is 3.49. The van der Waals surface area contributed by atoms with Gasteiger partial charge in [-0.2, -0.15) is 0 Å². The van der Waals surface area contributed by atoms with E-state index in [9.17, 15) is 9.59 Å². The van der Waals surface area contributed by atoms with Crippen molar-refractivity contribution in [2.45, 2.75) is 32.2 Å². The second-order valence-electron chi connectivity index (χ2n) is 5.23. The summed E-state index contributed by atoms with van der Waals surface area (Å²) in [4.78, 5) is 24.6. The van der Waals surface area contributed by atoms with E-state index in [1.165, 1.54) is 4.88 Å². The second kappa shape index (κ2) is 7.28. The minimum atomic E-state index is -0.392. The second-order valence-corrected chi connectivity index (χ2v) is 6.26. The average Bonchev–Trinajstić information content (AvgIpc) is 2.92. The summed E-state index contributed by atoms with van der Waals surface area (Å²) in [6.45, 7) is 3.42. The van der Waals surface area contributed by atoms with E-state index >= 15 is 0 Å². The van der Waals surface area contributed by atoms with Gasteiger partial charge in [-0.3, -0.25) is 4.79 Å². The fraction of sp³-hybridized carbons (Fsp3) is 0.571. The molecule has 0 saturated carbocycles. The Morgan fingerprint density at radius 2 is 2.45 bits per heavy atom. The standard InChI is InChI=1S/C14H21N3O2S/c1-10(8-11-4-3-7-20-11)9-16-14(19)17-12-5-2-6-15-13(12)18/h3-4,7,10,12H,2,5-6,8-9H2,1H3,(H,15,18)(H2,16,17,19)/t10-,12+/m1/s1. The summed E-state index contributed by atoms with van der Waals surface area (Å²) >= 11 is 1.73. The molecule has 2 heterocycles. The van der Waals surface area contributed by atoms with Gasteiger partial charge in [0, 0.05) is 18.0 Å². The van der Waals surface area contributed by atoms with Gasteiger partial charge in [0.25, 0.3) is 0 Å². The van der Waals surface area contributed by atoms with Crippen LogP contribution in [-0.2, 0) is 11.2 Å². The highest BCUT2D eigenvalue weighted by Gasteiger charge is 2.23. The van der Waals surface area contributed by atoms with Gasteiger partial charge in [-0.1, -0.05) is 13.0 Å². The van der Waals surface area contributed by atoms with Crippen LogP contribution in [0.3, 0.4) is 0 Å². The van der Waals surface area contributed by atoms with Gasteiger partial charge in [-0.25, -0.2) is 4.79 Å². The molecule has 1 saturated heterocycles. The highest BCUT2D eigenvalue weighted by molar-refractivity contribution is 7.09. The van der Waals surface area contributed by atoms with Crippen LogP contribution < -0.4 is 16.0 Å². The van der Waals surface area contributed by atoms with E-state index in [1.807, 2.05) is 6.07 Å². The summed E-state index contributed by atoms with van der Waals surface area (Å²) in [7, 11) is 0. The summed E-state index contributed by atoms with van der Waals surface area (Å²) in [5.74, 6) is 0.289. The van der Waals surface area contributed by atoms with Crippen molar-refractivity contribution in [2.75, 3.05) is 13.1 Å². The van der Waals surface area contributed by atoms with Crippen molar-refractivity contribution in [3.63, 3.8) is 0 Å². The number of carbonyl (C=O) groups is 2. The maximum Gasteiger partial charge on any atom is 0.315 e. The zero-order valence-electron chi connectivity index (χ0n) is 11.6. The average molecular weight is 295 g/mol. The van der Waals surface area contributed by atoms with Crippen LogP contribution in [0.5, 0.6) is 0 Å². The Labute approximate surface area is 123 Å². The number of hydrogen-bond donors (Lipinski definition) is 3. The fourth-order valence-corrected chi connectivity index (χ4v) is 3.10. The SMILES string of the molecule is C[C@@H](CNC(=O)N[C@H]1CCCNC1=O)Cc1cccs1. The van der Waals surface area contributed by atoms with E-state index in [1.54, 1.807) is 11.3 Å². The van der Waals surface area contributed by atoms with Gasteiger partial charge in [0.05, 0.1) is 0 Å². The van der Waals surface area contributed by atoms with Crippen LogP contribution in [0.4, 0.5) is 4.79 Å². The van der Waals surface area contributed by atoms with E-state index in [0.29, 0.717) is 25.4 Å². The number of rotatable bonds is 5. The van der Waals surface area contributed by atoms with Crippen molar-refractivity contribution >= 4 is 23.3 Å². The number of amides is 3. The van der Waals surface area contributed by atoms with Crippen molar-refractivity contribution in [3.8, 4) is 0 Å². The van der Waals surface area contributed by atoms with Crippen LogP contribution in [0, 0.1) is 5.92 Å². The van der Waals surface area contributed by atoms with Crippen molar-refractivity contribution in [1.29, 1.82) is 0 Å². The van der Waals surface area contributed by atoms with Gasteiger partial charge in [0.1, 0.15) is 6.04 Å². The molecule has 0 spiro atoms. The maximum atomic E-state index is 11.8. The molecule has 1 aliphatic heterocycles. The molecule has 110 valence electrons. The molecule has 0 aliphatic carbocycles. The Hall–Kier alpha value is -1.56. The normalized spacial score (nSPS) is 20.1. The van der Waals surface area contributed by atoms with Crippen molar-refractivity contribution in [2.24, 2.45) is 5.92 Å². The largest absolute Gasteiger partial charge is 0.354 e. The molecule has 0 aromatic carbocycles. The zero-order chi connectivity index (χ0) is 14.4. The zero-order valence-corrected chi connectivity index (χ0v) is 12.5. The molecule has 1 aromatic rings. The summed E-state index contributed by atoms with van der Waals surface area (Å²) in [5, 5.41) is 10.4. The van der Waals surface area contributed by atoms with E-state index in [2.05, 4.69) is 34.3 Å². The van der Waals surface area contributed by atoms with E-state index < -0.39 is 6.04 Å². The molecule has 20 heavy (non-hydrogen) atoms. The molecule has 1 fully saturated rings. The molecule has 0 radical (unpaired) electrons. The predicted molar refractivity (Wildman–Crippen MR) is 79.8 cm³/mol. The minimum absolute atomic E-state index is 0.0852. The molecule has 6 heteroatoms. The monoisotopic (exact) mass is 295 g/mol. The van der Waals surface area contributed by atoms with Crippen LogP contribution in [0.1, 0.15) is 24.6 Å². The van der Waals surface area contributed by atoms with Gasteiger partial charge >= 0.3 is 6.03 Å². The Balaban J connectivity index is 1.67. The van der Waals surface area contributed by atoms with Crippen LogP contribution in [0.15, 0.2) is 17.5 Å². The fourth-order valence-electron chi connectivity index (χ4n) is 2.23. The molecule has 5 nitrogen and oxygen atoms in total. The highest BCUT2D eigenvalue weighted by atomic mass is 32.1. The molecule has 1 aliphatic rings. The molecule has 2 atom stereocenters. The van der Waals surface area contributed by atoms with Gasteiger partial charge in [0.15, 0.2) is 0 Å². The minimum Gasteiger partial charge on any atom is -0.354 e. The van der Waals surface area contributed by atoms with Crippen molar-refractivity contribution in [1.82, 2.24) is 16.0 Å². The molecule has 3 amide bonds. The summed E-state index contributed by atoms with van der Waals surface area (Å²) in [5.41, 5.74) is 0.